The third kappa shape index (κ3) is 11.0. The zero-order chi connectivity index (χ0) is 60.8. The molecule has 24 atom stereocenters. The molecule has 12 fully saturated rings. The zero-order valence-corrected chi connectivity index (χ0v) is 53.1. The minimum Gasteiger partial charge on any atom is -0.481 e. The van der Waals surface area contributed by atoms with Crippen molar-refractivity contribution < 1.29 is 58.5 Å². The number of hydrogen-bond donors (Lipinski definition) is 3. The van der Waals surface area contributed by atoms with Gasteiger partial charge < -0.3 is 15.3 Å². The van der Waals surface area contributed by atoms with E-state index in [0.29, 0.717) is 164 Å². The summed E-state index contributed by atoms with van der Waals surface area (Å²) in [4.78, 5) is 109. The average Bonchev–Trinajstić information content (AvgIpc) is 3.41. The molecule has 12 aliphatic carbocycles. The van der Waals surface area contributed by atoms with Crippen LogP contribution in [-0.2, 0) is 43.2 Å². The largest absolute Gasteiger partial charge is 0.481 e. The van der Waals surface area contributed by atoms with Gasteiger partial charge in [0.1, 0.15) is 34.7 Å². The third-order valence-corrected chi connectivity index (χ3v) is 29.6. The fraction of sp³-hybridized carbons (Fsp3) is 0.875. The maximum atomic E-state index is 13.3. The van der Waals surface area contributed by atoms with Crippen LogP contribution in [0.2, 0.25) is 0 Å². The van der Waals surface area contributed by atoms with Crippen molar-refractivity contribution in [2.45, 2.75) is 255 Å². The second-order valence-corrected chi connectivity index (χ2v) is 33.0. The van der Waals surface area contributed by atoms with Crippen molar-refractivity contribution >= 4 is 52.6 Å². The van der Waals surface area contributed by atoms with Gasteiger partial charge in [0.05, 0.1) is 0 Å². The van der Waals surface area contributed by atoms with Gasteiger partial charge in [-0.05, 0) is 237 Å². The van der Waals surface area contributed by atoms with Crippen LogP contribution in [0.25, 0.3) is 0 Å². The van der Waals surface area contributed by atoms with Crippen LogP contribution < -0.4 is 0 Å². The van der Waals surface area contributed by atoms with Gasteiger partial charge in [-0.2, -0.15) is 0 Å². The molecule has 0 unspecified atom stereocenters. The lowest BCUT2D eigenvalue weighted by molar-refractivity contribution is -0.160. The average molecular weight is 1170 g/mol. The SMILES string of the molecule is C[C@H](CCC(=O)O)[C@H]1CC[C@H]2[C@@H]3C(=O)C[C@@H]4CC(=O)CC[C@]4(C)[C@H]3CC[C@]12C.C[C@H](CCC(=O)O)[C@H]1CC[C@H]2[C@@H]3C(=O)C[C@@H]4CC(=O)CC[C@]4(C)[C@H]3CC[C@]12C.C[C@H](CCC(=O)O)[C@H]1CC[C@H]2[C@@H]3C(=O)C[C@@H]4CC(=O)CC[C@]4(C)[C@H]3CC[C@]12C. The maximum absolute atomic E-state index is 13.3. The van der Waals surface area contributed by atoms with Gasteiger partial charge in [-0.1, -0.05) is 62.3 Å². The van der Waals surface area contributed by atoms with E-state index in [1.165, 1.54) is 0 Å². The summed E-state index contributed by atoms with van der Waals surface area (Å²) in [5, 5.41) is 27.2. The Morgan fingerprint density at radius 2 is 0.595 bits per heavy atom. The maximum Gasteiger partial charge on any atom is 0.303 e. The van der Waals surface area contributed by atoms with Crippen molar-refractivity contribution in [2.75, 3.05) is 0 Å². The van der Waals surface area contributed by atoms with Crippen molar-refractivity contribution in [2.24, 2.45) is 139 Å². The number of hydrogen-bond acceptors (Lipinski definition) is 9. The Bertz CT molecular complexity index is 2330. The fourth-order valence-electron chi connectivity index (χ4n) is 24.8. The van der Waals surface area contributed by atoms with E-state index < -0.39 is 17.9 Å². The van der Waals surface area contributed by atoms with E-state index in [1.54, 1.807) is 0 Å². The number of carboxylic acid groups (broad SMARTS) is 3. The van der Waals surface area contributed by atoms with E-state index >= 15 is 0 Å². The van der Waals surface area contributed by atoms with Crippen LogP contribution in [0.4, 0.5) is 0 Å². The van der Waals surface area contributed by atoms with Crippen LogP contribution in [-0.4, -0.2) is 67.9 Å². The Morgan fingerprint density at radius 1 is 0.357 bits per heavy atom. The normalized spacial score (nSPS) is 46.5. The van der Waals surface area contributed by atoms with E-state index in [4.69, 9.17) is 15.3 Å². The van der Waals surface area contributed by atoms with Gasteiger partial charge in [-0.3, -0.25) is 43.2 Å². The number of ketones is 6. The number of carbonyl (C=O) groups is 9. The highest BCUT2D eigenvalue weighted by atomic mass is 16.4. The molecule has 0 aliphatic heterocycles. The number of carboxylic acids is 3. The molecule has 0 heterocycles. The number of Topliss-reactive ketones (excluding diaryl/α,β-unsaturated/α-hetero) is 6. The van der Waals surface area contributed by atoms with E-state index in [9.17, 15) is 43.2 Å². The number of rotatable bonds is 12. The molecule has 84 heavy (non-hydrogen) atoms. The van der Waals surface area contributed by atoms with Crippen LogP contribution in [0.1, 0.15) is 255 Å². The molecule has 3 N–H and O–H groups in total. The van der Waals surface area contributed by atoms with Crippen molar-refractivity contribution in [1.82, 2.24) is 0 Å². The van der Waals surface area contributed by atoms with Crippen LogP contribution in [0.5, 0.6) is 0 Å². The van der Waals surface area contributed by atoms with Crippen LogP contribution in [0.3, 0.4) is 0 Å². The minimum atomic E-state index is -0.705. The van der Waals surface area contributed by atoms with Crippen LogP contribution >= 0.6 is 0 Å². The van der Waals surface area contributed by atoms with Crippen molar-refractivity contribution in [3.05, 3.63) is 0 Å². The Balaban J connectivity index is 0.000000140. The third-order valence-electron chi connectivity index (χ3n) is 29.6. The summed E-state index contributed by atoms with van der Waals surface area (Å²) in [6, 6.07) is 0. The summed E-state index contributed by atoms with van der Waals surface area (Å²) in [5.74, 6) is 6.99. The monoisotopic (exact) mass is 1160 g/mol. The molecule has 0 spiro atoms. The van der Waals surface area contributed by atoms with Crippen LogP contribution in [0.15, 0.2) is 0 Å². The first kappa shape index (κ1) is 63.4. The predicted molar refractivity (Wildman–Crippen MR) is 320 cm³/mol. The highest BCUT2D eigenvalue weighted by Gasteiger charge is 2.66. The summed E-state index contributed by atoms with van der Waals surface area (Å²) in [6.45, 7) is 21.0. The van der Waals surface area contributed by atoms with Crippen molar-refractivity contribution in [1.29, 1.82) is 0 Å². The van der Waals surface area contributed by atoms with E-state index in [1.807, 2.05) is 0 Å². The lowest BCUT2D eigenvalue weighted by Crippen LogP contribution is -2.57. The fourth-order valence-corrected chi connectivity index (χ4v) is 24.8. The summed E-state index contributed by atoms with van der Waals surface area (Å²) in [7, 11) is 0. The van der Waals surface area contributed by atoms with Crippen molar-refractivity contribution in [3.63, 3.8) is 0 Å². The molecule has 0 amide bonds. The number of fused-ring (bicyclic) bond motifs is 15. The summed E-state index contributed by atoms with van der Waals surface area (Å²) >= 11 is 0. The summed E-state index contributed by atoms with van der Waals surface area (Å²) in [5.41, 5.74) is 0.968. The Hall–Kier alpha value is -3.57. The van der Waals surface area contributed by atoms with Gasteiger partial charge in [-0.25, -0.2) is 0 Å². The molecule has 12 nitrogen and oxygen atoms in total. The molecular weight excluding hydrogens is 1060 g/mol. The molecule has 0 aromatic carbocycles. The molecule has 12 aliphatic rings. The molecule has 0 saturated heterocycles. The second kappa shape index (κ2) is 23.8. The van der Waals surface area contributed by atoms with Gasteiger partial charge in [-0.15, -0.1) is 0 Å². The Labute approximate surface area is 502 Å². The van der Waals surface area contributed by atoms with Gasteiger partial charge in [0, 0.05) is 94.8 Å². The van der Waals surface area contributed by atoms with Gasteiger partial charge in [0.15, 0.2) is 0 Å². The molecule has 468 valence electrons. The summed E-state index contributed by atoms with van der Waals surface area (Å²) < 4.78 is 0. The Morgan fingerprint density at radius 3 is 0.833 bits per heavy atom. The lowest BCUT2D eigenvalue weighted by atomic mass is 9.44. The van der Waals surface area contributed by atoms with Crippen LogP contribution in [0, 0.1) is 139 Å². The van der Waals surface area contributed by atoms with Gasteiger partial charge in [0.2, 0.25) is 0 Å². The first-order chi connectivity index (χ1) is 39.5. The molecule has 0 radical (unpaired) electrons. The Kier molecular flexibility index (Phi) is 17.9. The minimum absolute atomic E-state index is 0.154. The quantitative estimate of drug-likeness (QED) is 0.166. The second-order valence-electron chi connectivity index (χ2n) is 33.0. The van der Waals surface area contributed by atoms with E-state index in [2.05, 4.69) is 62.3 Å². The molecule has 0 aromatic rings. The molecule has 12 heteroatoms. The standard InChI is InChI=1S/3C24H36O4/c3*1-14(4-7-21(27)28)17-5-6-18-22-19(9-11-24(17,18)3)23(2)10-8-16(25)12-15(23)13-20(22)26/h3*14-15,17-19,22H,4-13H2,1-3H3,(H,27,28)/t3*14-,15+,17-,18+,19+,22+,23+,24-/m111/s1. The van der Waals surface area contributed by atoms with Crippen molar-refractivity contribution in [3.8, 4) is 0 Å². The summed E-state index contributed by atoms with van der Waals surface area (Å²) in [6.07, 6.45) is 25.1. The molecule has 12 saturated carbocycles. The first-order valence-corrected chi connectivity index (χ1v) is 34.3. The topological polar surface area (TPSA) is 214 Å². The molecule has 0 bridgehead atoms. The lowest BCUT2D eigenvalue weighted by Gasteiger charge is -2.59. The van der Waals surface area contributed by atoms with E-state index in [-0.39, 0.29) is 87.3 Å². The predicted octanol–water partition coefficient (Wildman–Crippen LogP) is 14.7. The first-order valence-electron chi connectivity index (χ1n) is 34.3. The number of carbonyl (C=O) groups excluding carboxylic acids is 6. The van der Waals surface area contributed by atoms with Gasteiger partial charge >= 0.3 is 17.9 Å². The smallest absolute Gasteiger partial charge is 0.303 e. The molecule has 0 aromatic heterocycles. The highest BCUT2D eigenvalue weighted by Crippen LogP contribution is 2.71. The van der Waals surface area contributed by atoms with Gasteiger partial charge in [0.25, 0.3) is 0 Å². The zero-order valence-electron chi connectivity index (χ0n) is 53.1. The van der Waals surface area contributed by atoms with E-state index in [0.717, 1.165) is 116 Å². The molecular formula is C72H108O12. The highest BCUT2D eigenvalue weighted by molar-refractivity contribution is 5.88. The number of aliphatic carboxylic acids is 3. The molecule has 12 rings (SSSR count).